The van der Waals surface area contributed by atoms with Crippen LogP contribution < -0.4 is 5.32 Å². The summed E-state index contributed by atoms with van der Waals surface area (Å²) in [5.74, 6) is 0.847. The first-order valence-corrected chi connectivity index (χ1v) is 6.08. The zero-order chi connectivity index (χ0) is 11.7. The van der Waals surface area contributed by atoms with Crippen LogP contribution in [0.5, 0.6) is 0 Å². The first-order chi connectivity index (χ1) is 8.33. The van der Waals surface area contributed by atoms with Gasteiger partial charge in [-0.15, -0.1) is 0 Å². The fourth-order valence-electron chi connectivity index (χ4n) is 1.66. The molecular formula is C12H13ClN4. The van der Waals surface area contributed by atoms with Crippen molar-refractivity contribution in [2.24, 2.45) is 0 Å². The molecule has 0 amide bonds. The summed E-state index contributed by atoms with van der Waals surface area (Å²) < 4.78 is 1.87. The summed E-state index contributed by atoms with van der Waals surface area (Å²) in [7, 11) is 0. The average Bonchev–Trinajstić information content (AvgIpc) is 3.00. The third kappa shape index (κ3) is 2.48. The number of imidazole rings is 1. The molecule has 0 spiro atoms. The Morgan fingerprint density at radius 2 is 2.29 bits per heavy atom. The van der Waals surface area contributed by atoms with Crippen LogP contribution in [0.2, 0.25) is 5.02 Å². The van der Waals surface area contributed by atoms with Gasteiger partial charge in [-0.05, 0) is 25.0 Å². The second-order valence-corrected chi connectivity index (χ2v) is 4.63. The molecule has 0 aliphatic heterocycles. The van der Waals surface area contributed by atoms with Gasteiger partial charge < -0.3 is 5.32 Å². The molecule has 1 aliphatic carbocycles. The summed E-state index contributed by atoms with van der Waals surface area (Å²) in [6, 6.07) is 4.43. The summed E-state index contributed by atoms with van der Waals surface area (Å²) in [6.07, 6.45) is 7.86. The van der Waals surface area contributed by atoms with Gasteiger partial charge in [0.2, 0.25) is 0 Å². The topological polar surface area (TPSA) is 42.7 Å². The molecule has 5 heteroatoms. The van der Waals surface area contributed by atoms with Crippen LogP contribution in [0.15, 0.2) is 30.9 Å². The summed E-state index contributed by atoms with van der Waals surface area (Å²) in [5, 5.41) is 4.12. The monoisotopic (exact) mass is 248 g/mol. The van der Waals surface area contributed by atoms with Gasteiger partial charge in [-0.3, -0.25) is 4.57 Å². The SMILES string of the molecule is Clc1ccc(-n2ccnc2)nc1CNC1CC1. The molecule has 1 aliphatic rings. The van der Waals surface area contributed by atoms with Crippen LogP contribution in [0.25, 0.3) is 5.82 Å². The van der Waals surface area contributed by atoms with E-state index in [1.54, 1.807) is 12.5 Å². The van der Waals surface area contributed by atoms with Crippen molar-refractivity contribution in [3.8, 4) is 5.82 Å². The predicted molar refractivity (Wildman–Crippen MR) is 66.2 cm³/mol. The molecule has 4 nitrogen and oxygen atoms in total. The molecule has 2 heterocycles. The minimum absolute atomic E-state index is 0.657. The van der Waals surface area contributed by atoms with Crippen molar-refractivity contribution in [1.29, 1.82) is 0 Å². The third-order valence-corrected chi connectivity index (χ3v) is 3.15. The molecule has 2 aromatic heterocycles. The molecule has 0 unspecified atom stereocenters. The number of pyridine rings is 1. The van der Waals surface area contributed by atoms with Gasteiger partial charge >= 0.3 is 0 Å². The van der Waals surface area contributed by atoms with Gasteiger partial charge in [0.05, 0.1) is 10.7 Å². The highest BCUT2D eigenvalue weighted by Gasteiger charge is 2.20. The van der Waals surface area contributed by atoms with Crippen molar-refractivity contribution in [2.75, 3.05) is 0 Å². The lowest BCUT2D eigenvalue weighted by molar-refractivity contribution is 0.673. The third-order valence-electron chi connectivity index (χ3n) is 2.81. The van der Waals surface area contributed by atoms with Crippen LogP contribution in [-0.2, 0) is 6.54 Å². The summed E-state index contributed by atoms with van der Waals surface area (Å²) in [5.41, 5.74) is 0.893. The van der Waals surface area contributed by atoms with E-state index < -0.39 is 0 Å². The highest BCUT2D eigenvalue weighted by atomic mass is 35.5. The minimum Gasteiger partial charge on any atom is -0.308 e. The average molecular weight is 249 g/mol. The molecule has 0 bridgehead atoms. The van der Waals surface area contributed by atoms with E-state index in [4.69, 9.17) is 11.6 Å². The van der Waals surface area contributed by atoms with Gasteiger partial charge in [0, 0.05) is 25.0 Å². The smallest absolute Gasteiger partial charge is 0.138 e. The molecule has 1 N–H and O–H groups in total. The van der Waals surface area contributed by atoms with Crippen LogP contribution in [-0.4, -0.2) is 20.6 Å². The maximum absolute atomic E-state index is 6.13. The number of aromatic nitrogens is 3. The molecule has 0 aromatic carbocycles. The molecule has 0 atom stereocenters. The van der Waals surface area contributed by atoms with Gasteiger partial charge in [-0.2, -0.15) is 0 Å². The maximum atomic E-state index is 6.13. The van der Waals surface area contributed by atoms with E-state index in [9.17, 15) is 0 Å². The Morgan fingerprint density at radius 3 is 3.00 bits per heavy atom. The Labute approximate surface area is 105 Å². The van der Waals surface area contributed by atoms with Crippen molar-refractivity contribution in [2.45, 2.75) is 25.4 Å². The molecular weight excluding hydrogens is 236 g/mol. The second kappa shape index (κ2) is 4.47. The molecule has 88 valence electrons. The predicted octanol–water partition coefficient (Wildman–Crippen LogP) is 2.17. The molecule has 2 aromatic rings. The highest BCUT2D eigenvalue weighted by Crippen LogP contribution is 2.21. The largest absolute Gasteiger partial charge is 0.308 e. The lowest BCUT2D eigenvalue weighted by atomic mass is 10.3. The van der Waals surface area contributed by atoms with Gasteiger partial charge in [0.1, 0.15) is 12.1 Å². The van der Waals surface area contributed by atoms with Gasteiger partial charge in [-0.25, -0.2) is 9.97 Å². The lowest BCUT2D eigenvalue weighted by Gasteiger charge is -2.07. The standard InChI is InChI=1S/C12H13ClN4/c13-10-3-4-12(17-6-5-14-8-17)16-11(10)7-15-9-1-2-9/h3-6,8-9,15H,1-2,7H2. The van der Waals surface area contributed by atoms with Crippen molar-refractivity contribution < 1.29 is 0 Å². The summed E-state index contributed by atoms with van der Waals surface area (Å²) >= 11 is 6.13. The normalized spacial score (nSPS) is 15.1. The number of halogens is 1. The van der Waals surface area contributed by atoms with Gasteiger partial charge in [0.15, 0.2) is 0 Å². The molecule has 0 radical (unpaired) electrons. The second-order valence-electron chi connectivity index (χ2n) is 4.22. The molecule has 1 saturated carbocycles. The summed E-state index contributed by atoms with van der Waals surface area (Å²) in [4.78, 5) is 8.55. The first-order valence-electron chi connectivity index (χ1n) is 5.70. The Hall–Kier alpha value is -1.39. The van der Waals surface area contributed by atoms with Crippen molar-refractivity contribution >= 4 is 11.6 Å². The number of rotatable bonds is 4. The Bertz CT molecular complexity index is 505. The van der Waals surface area contributed by atoms with E-state index in [1.807, 2.05) is 22.9 Å². The van der Waals surface area contributed by atoms with Crippen LogP contribution in [0, 0.1) is 0 Å². The summed E-state index contributed by atoms with van der Waals surface area (Å²) in [6.45, 7) is 0.728. The van der Waals surface area contributed by atoms with Crippen molar-refractivity contribution in [3.05, 3.63) is 41.6 Å². The number of nitrogens with one attached hydrogen (secondary N) is 1. The first kappa shape index (κ1) is 10.7. The quantitative estimate of drug-likeness (QED) is 0.902. The van der Waals surface area contributed by atoms with E-state index in [1.165, 1.54) is 12.8 Å². The zero-order valence-electron chi connectivity index (χ0n) is 9.31. The fourth-order valence-corrected chi connectivity index (χ4v) is 1.84. The van der Waals surface area contributed by atoms with Crippen molar-refractivity contribution in [1.82, 2.24) is 19.9 Å². The molecule has 0 saturated heterocycles. The molecule has 1 fully saturated rings. The highest BCUT2D eigenvalue weighted by molar-refractivity contribution is 6.31. The zero-order valence-corrected chi connectivity index (χ0v) is 10.1. The number of hydrogen-bond donors (Lipinski definition) is 1. The minimum atomic E-state index is 0.657. The Kier molecular flexibility index (Phi) is 2.82. The molecule has 3 rings (SSSR count). The van der Waals surface area contributed by atoms with Crippen LogP contribution in [0.1, 0.15) is 18.5 Å². The molecule has 17 heavy (non-hydrogen) atoms. The van der Waals surface area contributed by atoms with Crippen LogP contribution in [0.4, 0.5) is 0 Å². The van der Waals surface area contributed by atoms with Crippen molar-refractivity contribution in [3.63, 3.8) is 0 Å². The van der Waals surface area contributed by atoms with E-state index in [0.717, 1.165) is 18.1 Å². The van der Waals surface area contributed by atoms with Gasteiger partial charge in [-0.1, -0.05) is 11.6 Å². The van der Waals surface area contributed by atoms with Crippen LogP contribution in [0.3, 0.4) is 0 Å². The Balaban J connectivity index is 1.83. The number of hydrogen-bond acceptors (Lipinski definition) is 3. The lowest BCUT2D eigenvalue weighted by Crippen LogP contribution is -2.17. The van der Waals surface area contributed by atoms with Crippen LogP contribution >= 0.6 is 11.6 Å². The Morgan fingerprint density at radius 1 is 1.41 bits per heavy atom. The van der Waals surface area contributed by atoms with E-state index in [-0.39, 0.29) is 0 Å². The van der Waals surface area contributed by atoms with E-state index in [0.29, 0.717) is 11.1 Å². The van der Waals surface area contributed by atoms with Gasteiger partial charge in [0.25, 0.3) is 0 Å². The number of nitrogens with zero attached hydrogens (tertiary/aromatic N) is 3. The van der Waals surface area contributed by atoms with E-state index in [2.05, 4.69) is 15.3 Å². The van der Waals surface area contributed by atoms with E-state index >= 15 is 0 Å². The maximum Gasteiger partial charge on any atom is 0.138 e. The fraction of sp³-hybridized carbons (Fsp3) is 0.333.